The third kappa shape index (κ3) is 2.76. The van der Waals surface area contributed by atoms with Crippen molar-refractivity contribution in [1.82, 2.24) is 14.7 Å². The molecule has 2 aromatic heterocycles. The van der Waals surface area contributed by atoms with Gasteiger partial charge in [-0.15, -0.1) is 0 Å². The number of rotatable bonds is 5. The molecule has 0 bridgehead atoms. The summed E-state index contributed by atoms with van der Waals surface area (Å²) in [5.74, 6) is 0.917. The maximum atomic E-state index is 5.37. The predicted molar refractivity (Wildman–Crippen MR) is 83.5 cm³/mol. The van der Waals surface area contributed by atoms with Crippen molar-refractivity contribution in [2.45, 2.75) is 20.0 Å². The number of pyridine rings is 1. The number of fused-ring (bicyclic) bond motifs is 1. The van der Waals surface area contributed by atoms with Gasteiger partial charge in [0.25, 0.3) is 0 Å². The van der Waals surface area contributed by atoms with E-state index in [9.17, 15) is 0 Å². The lowest BCUT2D eigenvalue weighted by Gasteiger charge is -2.09. The van der Waals surface area contributed by atoms with Gasteiger partial charge in [-0.3, -0.25) is 0 Å². The van der Waals surface area contributed by atoms with Crippen molar-refractivity contribution in [2.24, 2.45) is 0 Å². The number of aryl methyl sites for hydroxylation is 1. The minimum atomic E-state index is 0.767. The normalized spacial score (nSPS) is 11.0. The number of benzene rings is 1. The third-order valence-electron chi connectivity index (χ3n) is 3.63. The van der Waals surface area contributed by atoms with Crippen LogP contribution in [0.15, 0.2) is 48.7 Å². The number of hydrogen-bond donors (Lipinski definition) is 1. The highest BCUT2D eigenvalue weighted by Crippen LogP contribution is 2.17. The molecule has 0 saturated carbocycles. The van der Waals surface area contributed by atoms with Crippen LogP contribution in [0.25, 0.3) is 5.65 Å². The summed E-state index contributed by atoms with van der Waals surface area (Å²) in [7, 11) is 1.70. The zero-order valence-electron chi connectivity index (χ0n) is 12.3. The molecule has 1 aromatic carbocycles. The van der Waals surface area contributed by atoms with Gasteiger partial charge in [0.2, 0.25) is 0 Å². The average molecular weight is 281 g/mol. The molecular weight excluding hydrogens is 262 g/mol. The van der Waals surface area contributed by atoms with E-state index in [1.807, 2.05) is 43.3 Å². The molecule has 0 unspecified atom stereocenters. The van der Waals surface area contributed by atoms with E-state index in [-0.39, 0.29) is 0 Å². The Morgan fingerprint density at radius 1 is 1.10 bits per heavy atom. The van der Waals surface area contributed by atoms with E-state index >= 15 is 0 Å². The van der Waals surface area contributed by atoms with Crippen LogP contribution in [0, 0.1) is 6.92 Å². The largest absolute Gasteiger partial charge is 0.496 e. The highest BCUT2D eigenvalue weighted by molar-refractivity contribution is 5.42. The van der Waals surface area contributed by atoms with E-state index in [4.69, 9.17) is 4.74 Å². The molecule has 0 saturated heterocycles. The van der Waals surface area contributed by atoms with E-state index < -0.39 is 0 Å². The van der Waals surface area contributed by atoms with Crippen LogP contribution in [0.5, 0.6) is 5.75 Å². The van der Waals surface area contributed by atoms with E-state index in [0.29, 0.717) is 0 Å². The van der Waals surface area contributed by atoms with Crippen molar-refractivity contribution in [2.75, 3.05) is 7.11 Å². The summed E-state index contributed by atoms with van der Waals surface area (Å²) in [6.07, 6.45) is 2.05. The van der Waals surface area contributed by atoms with E-state index in [1.54, 1.807) is 7.11 Å². The van der Waals surface area contributed by atoms with Gasteiger partial charge in [0, 0.05) is 24.8 Å². The topological polar surface area (TPSA) is 38.6 Å². The maximum absolute atomic E-state index is 5.37. The second kappa shape index (κ2) is 5.97. The summed E-state index contributed by atoms with van der Waals surface area (Å²) >= 11 is 0. The highest BCUT2D eigenvalue weighted by atomic mass is 16.5. The molecular formula is C17H19N3O. The molecule has 0 spiro atoms. The Kier molecular flexibility index (Phi) is 3.88. The first kappa shape index (κ1) is 13.6. The predicted octanol–water partition coefficient (Wildman–Crippen LogP) is 2.94. The van der Waals surface area contributed by atoms with Crippen molar-refractivity contribution in [3.05, 3.63) is 65.6 Å². The van der Waals surface area contributed by atoms with Crippen LogP contribution < -0.4 is 10.1 Å². The third-order valence-corrected chi connectivity index (χ3v) is 3.63. The van der Waals surface area contributed by atoms with Gasteiger partial charge in [0.15, 0.2) is 0 Å². The highest BCUT2D eigenvalue weighted by Gasteiger charge is 2.08. The van der Waals surface area contributed by atoms with Crippen LogP contribution >= 0.6 is 0 Å². The van der Waals surface area contributed by atoms with Crippen molar-refractivity contribution in [1.29, 1.82) is 0 Å². The molecule has 0 atom stereocenters. The zero-order valence-corrected chi connectivity index (χ0v) is 12.3. The number of hydrogen-bond acceptors (Lipinski definition) is 3. The van der Waals surface area contributed by atoms with Gasteiger partial charge >= 0.3 is 0 Å². The summed E-state index contributed by atoms with van der Waals surface area (Å²) in [4.78, 5) is 4.57. The van der Waals surface area contributed by atoms with Gasteiger partial charge in [0.05, 0.1) is 18.5 Å². The molecule has 3 rings (SSSR count). The van der Waals surface area contributed by atoms with Crippen LogP contribution in [-0.2, 0) is 13.1 Å². The molecule has 0 amide bonds. The molecule has 3 aromatic rings. The van der Waals surface area contributed by atoms with Crippen LogP contribution in [0.2, 0.25) is 0 Å². The lowest BCUT2D eigenvalue weighted by atomic mass is 10.2. The maximum Gasteiger partial charge on any atom is 0.137 e. The summed E-state index contributed by atoms with van der Waals surface area (Å²) in [5.41, 5.74) is 4.41. The van der Waals surface area contributed by atoms with Crippen molar-refractivity contribution >= 4 is 5.65 Å². The summed E-state index contributed by atoms with van der Waals surface area (Å²) in [6, 6.07) is 14.1. The Bertz CT molecular complexity index is 749. The Morgan fingerprint density at radius 3 is 2.76 bits per heavy atom. The molecule has 0 radical (unpaired) electrons. The molecule has 1 N–H and O–H groups in total. The SMILES string of the molecule is COc1ccccc1CNCc1c(C)nc2ccccn12. The average Bonchev–Trinajstić information content (AvgIpc) is 2.84. The fourth-order valence-electron chi connectivity index (χ4n) is 2.54. The smallest absolute Gasteiger partial charge is 0.137 e. The molecule has 21 heavy (non-hydrogen) atoms. The molecule has 108 valence electrons. The number of imidazole rings is 1. The fourth-order valence-corrected chi connectivity index (χ4v) is 2.54. The van der Waals surface area contributed by atoms with Gasteiger partial charge in [-0.25, -0.2) is 4.98 Å². The van der Waals surface area contributed by atoms with Gasteiger partial charge in [-0.05, 0) is 25.1 Å². The summed E-state index contributed by atoms with van der Waals surface area (Å²) in [5, 5.41) is 3.47. The van der Waals surface area contributed by atoms with Crippen LogP contribution in [-0.4, -0.2) is 16.5 Å². The first-order valence-electron chi connectivity index (χ1n) is 7.05. The molecule has 0 aliphatic carbocycles. The van der Waals surface area contributed by atoms with Crippen LogP contribution in [0.3, 0.4) is 0 Å². The summed E-state index contributed by atoms with van der Waals surface area (Å²) < 4.78 is 7.50. The minimum Gasteiger partial charge on any atom is -0.496 e. The van der Waals surface area contributed by atoms with Crippen molar-refractivity contribution in [3.63, 3.8) is 0 Å². The number of nitrogens with zero attached hydrogens (tertiary/aromatic N) is 2. The lowest BCUT2D eigenvalue weighted by Crippen LogP contribution is -2.15. The van der Waals surface area contributed by atoms with E-state index in [2.05, 4.69) is 27.0 Å². The van der Waals surface area contributed by atoms with Crippen molar-refractivity contribution < 1.29 is 4.74 Å². The first-order chi connectivity index (χ1) is 10.3. The second-order valence-electron chi connectivity index (χ2n) is 4.99. The standard InChI is InChI=1S/C17H19N3O/c1-13-15(20-10-6-5-9-17(20)19-13)12-18-11-14-7-3-4-8-16(14)21-2/h3-10,18H,11-12H2,1-2H3. The Labute approximate surface area is 124 Å². The Balaban J connectivity index is 1.74. The Hall–Kier alpha value is -2.33. The monoisotopic (exact) mass is 281 g/mol. The number of ether oxygens (including phenoxy) is 1. The molecule has 0 aliphatic heterocycles. The first-order valence-corrected chi connectivity index (χ1v) is 7.05. The molecule has 0 aliphatic rings. The summed E-state index contributed by atoms with van der Waals surface area (Å²) in [6.45, 7) is 3.59. The zero-order chi connectivity index (χ0) is 14.7. The molecule has 0 fully saturated rings. The van der Waals surface area contributed by atoms with Gasteiger partial charge in [0.1, 0.15) is 11.4 Å². The Morgan fingerprint density at radius 2 is 1.90 bits per heavy atom. The molecule has 2 heterocycles. The van der Waals surface area contributed by atoms with Crippen LogP contribution in [0.4, 0.5) is 0 Å². The van der Waals surface area contributed by atoms with Crippen LogP contribution in [0.1, 0.15) is 17.0 Å². The quantitative estimate of drug-likeness (QED) is 0.781. The van der Waals surface area contributed by atoms with Crippen molar-refractivity contribution in [3.8, 4) is 5.75 Å². The number of para-hydroxylation sites is 1. The minimum absolute atomic E-state index is 0.767. The number of methoxy groups -OCH3 is 1. The number of nitrogens with one attached hydrogen (secondary N) is 1. The van der Waals surface area contributed by atoms with E-state index in [1.165, 1.54) is 5.69 Å². The molecule has 4 nitrogen and oxygen atoms in total. The lowest BCUT2D eigenvalue weighted by molar-refractivity contribution is 0.407. The van der Waals surface area contributed by atoms with Gasteiger partial charge in [-0.1, -0.05) is 24.3 Å². The molecule has 4 heteroatoms. The van der Waals surface area contributed by atoms with E-state index in [0.717, 1.165) is 35.7 Å². The second-order valence-corrected chi connectivity index (χ2v) is 4.99. The van der Waals surface area contributed by atoms with Gasteiger partial charge < -0.3 is 14.5 Å². The van der Waals surface area contributed by atoms with Gasteiger partial charge in [-0.2, -0.15) is 0 Å². The fraction of sp³-hybridized carbons (Fsp3) is 0.235. The number of aromatic nitrogens is 2.